The molecule has 0 heterocycles. The zero-order valence-electron chi connectivity index (χ0n) is 10.3. The number of hydrogen-bond donors (Lipinski definition) is 0. The van der Waals surface area contributed by atoms with Crippen LogP contribution in [0.1, 0.15) is 12.0 Å². The number of halogens is 2. The van der Waals surface area contributed by atoms with Crippen molar-refractivity contribution in [2.45, 2.75) is 11.8 Å². The Labute approximate surface area is 121 Å². The number of anilines is 1. The number of ether oxygens (including phenoxy) is 1. The van der Waals surface area contributed by atoms with Gasteiger partial charge in [0, 0.05) is 36.2 Å². The van der Waals surface area contributed by atoms with Crippen LogP contribution in [0.4, 0.5) is 5.69 Å². The topological polar surface area (TPSA) is 36.3 Å². The van der Waals surface area contributed by atoms with E-state index in [0.29, 0.717) is 19.6 Å². The summed E-state index contributed by atoms with van der Waals surface area (Å²) in [4.78, 5) is 2.11. The molecule has 0 aliphatic carbocycles. The van der Waals surface area contributed by atoms with Crippen LogP contribution in [-0.4, -0.2) is 26.8 Å². The predicted molar refractivity (Wildman–Crippen MR) is 78.4 cm³/mol. The number of rotatable bonds is 7. The standard InChI is InChI=1S/C13H16BrClN2O/c1-18-8-7-17(6-2-5-16)12-4-3-11(10-14)13(15)9-12/h3-4,9H,2,6-8,10H2,1H3. The Hall–Kier alpha value is -0.760. The van der Waals surface area contributed by atoms with Gasteiger partial charge in [-0.1, -0.05) is 33.6 Å². The third-order valence-electron chi connectivity index (χ3n) is 2.60. The average molecular weight is 332 g/mol. The third-order valence-corrected chi connectivity index (χ3v) is 3.56. The summed E-state index contributed by atoms with van der Waals surface area (Å²) in [6.07, 6.45) is 0.488. The fourth-order valence-electron chi connectivity index (χ4n) is 1.60. The lowest BCUT2D eigenvalue weighted by Crippen LogP contribution is -2.28. The number of methoxy groups -OCH3 is 1. The van der Waals surface area contributed by atoms with Crippen LogP contribution in [0, 0.1) is 11.3 Å². The molecule has 0 aromatic heterocycles. The molecule has 0 aliphatic heterocycles. The van der Waals surface area contributed by atoms with Crippen LogP contribution in [0.15, 0.2) is 18.2 Å². The Kier molecular flexibility index (Phi) is 7.11. The van der Waals surface area contributed by atoms with Crippen molar-refractivity contribution in [3.8, 4) is 6.07 Å². The molecule has 0 spiro atoms. The molecular weight excluding hydrogens is 316 g/mol. The molecule has 0 bridgehead atoms. The monoisotopic (exact) mass is 330 g/mol. The van der Waals surface area contributed by atoms with Crippen molar-refractivity contribution >= 4 is 33.2 Å². The summed E-state index contributed by atoms with van der Waals surface area (Å²) in [6.45, 7) is 2.06. The van der Waals surface area contributed by atoms with Gasteiger partial charge in [-0.05, 0) is 17.7 Å². The van der Waals surface area contributed by atoms with Gasteiger partial charge in [0.25, 0.3) is 0 Å². The van der Waals surface area contributed by atoms with E-state index in [1.165, 1.54) is 0 Å². The Morgan fingerprint density at radius 3 is 2.78 bits per heavy atom. The summed E-state index contributed by atoms with van der Waals surface area (Å²) in [5, 5.41) is 10.2. The Morgan fingerprint density at radius 1 is 1.44 bits per heavy atom. The number of nitrogens with zero attached hydrogens (tertiary/aromatic N) is 2. The molecule has 0 fully saturated rings. The molecule has 98 valence electrons. The van der Waals surface area contributed by atoms with Crippen LogP contribution in [0.3, 0.4) is 0 Å². The fraction of sp³-hybridized carbons (Fsp3) is 0.462. The highest BCUT2D eigenvalue weighted by Crippen LogP contribution is 2.25. The van der Waals surface area contributed by atoms with Gasteiger partial charge in [-0.25, -0.2) is 0 Å². The maximum absolute atomic E-state index is 8.68. The first-order valence-electron chi connectivity index (χ1n) is 5.68. The molecule has 0 saturated heterocycles. The first kappa shape index (κ1) is 15.3. The minimum Gasteiger partial charge on any atom is -0.383 e. The summed E-state index contributed by atoms with van der Waals surface area (Å²) in [6, 6.07) is 8.12. The molecule has 0 radical (unpaired) electrons. The van der Waals surface area contributed by atoms with Crippen molar-refractivity contribution in [3.63, 3.8) is 0 Å². The minimum absolute atomic E-state index is 0.488. The number of alkyl halides is 1. The molecule has 1 rings (SSSR count). The first-order chi connectivity index (χ1) is 8.72. The van der Waals surface area contributed by atoms with Gasteiger partial charge in [-0.3, -0.25) is 0 Å². The Morgan fingerprint density at radius 2 is 2.22 bits per heavy atom. The molecule has 3 nitrogen and oxygen atoms in total. The lowest BCUT2D eigenvalue weighted by atomic mass is 10.2. The van der Waals surface area contributed by atoms with Crippen molar-refractivity contribution in [2.24, 2.45) is 0 Å². The third kappa shape index (κ3) is 4.49. The van der Waals surface area contributed by atoms with E-state index in [9.17, 15) is 0 Å². The van der Waals surface area contributed by atoms with Gasteiger partial charge in [0.2, 0.25) is 0 Å². The summed E-state index contributed by atoms with van der Waals surface area (Å²) < 4.78 is 5.08. The first-order valence-corrected chi connectivity index (χ1v) is 7.18. The molecule has 0 saturated carbocycles. The van der Waals surface area contributed by atoms with Crippen molar-refractivity contribution in [1.82, 2.24) is 0 Å². The molecule has 5 heteroatoms. The molecular formula is C13H16BrClN2O. The van der Waals surface area contributed by atoms with E-state index in [-0.39, 0.29) is 0 Å². The smallest absolute Gasteiger partial charge is 0.0640 e. The predicted octanol–water partition coefficient (Wildman–Crippen LogP) is 3.60. The van der Waals surface area contributed by atoms with Gasteiger partial charge < -0.3 is 9.64 Å². The summed E-state index contributed by atoms with van der Waals surface area (Å²) in [5.74, 6) is 0. The highest BCUT2D eigenvalue weighted by Gasteiger charge is 2.08. The van der Waals surface area contributed by atoms with Gasteiger partial charge in [0.1, 0.15) is 0 Å². The zero-order chi connectivity index (χ0) is 13.4. The SMILES string of the molecule is COCCN(CCC#N)c1ccc(CBr)c(Cl)c1. The normalized spacial score (nSPS) is 10.1. The maximum Gasteiger partial charge on any atom is 0.0640 e. The quantitative estimate of drug-likeness (QED) is 0.716. The van der Waals surface area contributed by atoms with E-state index in [2.05, 4.69) is 26.9 Å². The van der Waals surface area contributed by atoms with E-state index in [4.69, 9.17) is 21.6 Å². The van der Waals surface area contributed by atoms with Crippen molar-refractivity contribution in [2.75, 3.05) is 31.7 Å². The zero-order valence-corrected chi connectivity index (χ0v) is 12.7. The van der Waals surface area contributed by atoms with Crippen molar-refractivity contribution in [1.29, 1.82) is 5.26 Å². The highest BCUT2D eigenvalue weighted by molar-refractivity contribution is 9.08. The van der Waals surface area contributed by atoms with E-state index in [0.717, 1.165) is 28.1 Å². The molecule has 1 aromatic carbocycles. The van der Waals surface area contributed by atoms with Gasteiger partial charge >= 0.3 is 0 Å². The van der Waals surface area contributed by atoms with E-state index >= 15 is 0 Å². The van der Waals surface area contributed by atoms with Gasteiger partial charge in [0.15, 0.2) is 0 Å². The van der Waals surface area contributed by atoms with Crippen LogP contribution in [0.5, 0.6) is 0 Å². The lowest BCUT2D eigenvalue weighted by molar-refractivity contribution is 0.205. The van der Waals surface area contributed by atoms with Crippen LogP contribution in [0.2, 0.25) is 5.02 Å². The second kappa shape index (κ2) is 8.36. The molecule has 18 heavy (non-hydrogen) atoms. The van der Waals surface area contributed by atoms with Crippen molar-refractivity contribution < 1.29 is 4.74 Å². The fourth-order valence-corrected chi connectivity index (χ4v) is 2.49. The van der Waals surface area contributed by atoms with E-state index < -0.39 is 0 Å². The number of nitriles is 1. The van der Waals surface area contributed by atoms with Crippen molar-refractivity contribution in [3.05, 3.63) is 28.8 Å². The summed E-state index contributed by atoms with van der Waals surface area (Å²) in [7, 11) is 1.67. The minimum atomic E-state index is 0.488. The second-order valence-electron chi connectivity index (χ2n) is 3.80. The lowest BCUT2D eigenvalue weighted by Gasteiger charge is -2.24. The second-order valence-corrected chi connectivity index (χ2v) is 4.77. The molecule has 1 aromatic rings. The maximum atomic E-state index is 8.68. The number of benzene rings is 1. The summed E-state index contributed by atoms with van der Waals surface area (Å²) >= 11 is 9.58. The number of hydrogen-bond acceptors (Lipinski definition) is 3. The molecule has 0 N–H and O–H groups in total. The highest BCUT2D eigenvalue weighted by atomic mass is 79.9. The molecule has 0 unspecified atom stereocenters. The van der Waals surface area contributed by atoms with Crippen LogP contribution < -0.4 is 4.90 Å². The van der Waals surface area contributed by atoms with Crippen LogP contribution in [-0.2, 0) is 10.1 Å². The van der Waals surface area contributed by atoms with E-state index in [1.54, 1.807) is 7.11 Å². The van der Waals surface area contributed by atoms with Crippen LogP contribution >= 0.6 is 27.5 Å². The molecule has 0 aliphatic rings. The summed E-state index contributed by atoms with van der Waals surface area (Å²) in [5.41, 5.74) is 2.09. The Bertz CT molecular complexity index is 420. The van der Waals surface area contributed by atoms with Gasteiger partial charge in [-0.15, -0.1) is 0 Å². The average Bonchev–Trinajstić information content (AvgIpc) is 2.39. The van der Waals surface area contributed by atoms with E-state index in [1.807, 2.05) is 18.2 Å². The van der Waals surface area contributed by atoms with Gasteiger partial charge in [-0.2, -0.15) is 5.26 Å². The van der Waals surface area contributed by atoms with Gasteiger partial charge in [0.05, 0.1) is 19.1 Å². The Balaban J connectivity index is 2.83. The van der Waals surface area contributed by atoms with Crippen LogP contribution in [0.25, 0.3) is 0 Å². The largest absolute Gasteiger partial charge is 0.383 e. The molecule has 0 amide bonds. The molecule has 0 atom stereocenters.